The van der Waals surface area contributed by atoms with Gasteiger partial charge in [0.2, 0.25) is 0 Å². The van der Waals surface area contributed by atoms with Gasteiger partial charge in [-0.3, -0.25) is 4.79 Å². The number of benzene rings is 1. The van der Waals surface area contributed by atoms with Crippen LogP contribution in [0, 0.1) is 11.3 Å². The van der Waals surface area contributed by atoms with E-state index >= 15 is 0 Å². The fraction of sp³-hybridized carbons (Fsp3) is 0.154. The van der Waals surface area contributed by atoms with E-state index in [0.717, 1.165) is 0 Å². The molecule has 96 valence electrons. The number of aromatic nitrogens is 2. The number of hydrogen-bond donors (Lipinski definition) is 1. The molecule has 0 aliphatic carbocycles. The zero-order valence-electron chi connectivity index (χ0n) is 10.4. The molecule has 6 heteroatoms. The number of nitrogens with one attached hydrogen (secondary N) is 1. The van der Waals surface area contributed by atoms with Crippen molar-refractivity contribution < 1.29 is 9.47 Å². The third kappa shape index (κ3) is 2.40. The minimum Gasteiger partial charge on any atom is -0.497 e. The largest absolute Gasteiger partial charge is 0.497 e. The maximum absolute atomic E-state index is 11.6. The molecule has 0 unspecified atom stereocenters. The van der Waals surface area contributed by atoms with Crippen LogP contribution in [0.2, 0.25) is 0 Å². The molecule has 0 spiro atoms. The van der Waals surface area contributed by atoms with E-state index in [0.29, 0.717) is 22.8 Å². The molecule has 2 aromatic rings. The maximum atomic E-state index is 11.6. The first-order chi connectivity index (χ1) is 9.19. The first-order valence-corrected chi connectivity index (χ1v) is 5.41. The highest BCUT2D eigenvalue weighted by Crippen LogP contribution is 2.29. The molecule has 0 bridgehead atoms. The summed E-state index contributed by atoms with van der Waals surface area (Å²) in [6, 6.07) is 6.92. The number of aromatic amines is 1. The second kappa shape index (κ2) is 5.23. The molecule has 1 aromatic heterocycles. The third-order valence-corrected chi connectivity index (χ3v) is 2.59. The Morgan fingerprint density at radius 3 is 2.37 bits per heavy atom. The van der Waals surface area contributed by atoms with Crippen molar-refractivity contribution >= 4 is 0 Å². The molecule has 0 aliphatic heterocycles. The van der Waals surface area contributed by atoms with E-state index in [1.54, 1.807) is 18.2 Å². The van der Waals surface area contributed by atoms with Crippen LogP contribution in [0.3, 0.4) is 0 Å². The topological polar surface area (TPSA) is 88.0 Å². The Morgan fingerprint density at radius 1 is 1.21 bits per heavy atom. The van der Waals surface area contributed by atoms with Gasteiger partial charge in [0.25, 0.3) is 5.56 Å². The van der Waals surface area contributed by atoms with Crippen molar-refractivity contribution in [1.29, 1.82) is 5.26 Å². The van der Waals surface area contributed by atoms with Gasteiger partial charge in [-0.1, -0.05) is 0 Å². The van der Waals surface area contributed by atoms with E-state index in [1.807, 2.05) is 6.07 Å². The average Bonchev–Trinajstić information content (AvgIpc) is 2.46. The molecule has 0 atom stereocenters. The molecule has 0 amide bonds. The number of rotatable bonds is 3. The van der Waals surface area contributed by atoms with Gasteiger partial charge < -0.3 is 14.5 Å². The molecular weight excluding hydrogens is 246 g/mol. The fourth-order valence-corrected chi connectivity index (χ4v) is 1.67. The summed E-state index contributed by atoms with van der Waals surface area (Å²) in [5.74, 6) is 1.11. The molecule has 0 saturated carbocycles. The Hall–Kier alpha value is -2.81. The predicted molar refractivity (Wildman–Crippen MR) is 68.1 cm³/mol. The summed E-state index contributed by atoms with van der Waals surface area (Å²) in [5, 5.41) is 9.04. The van der Waals surface area contributed by atoms with E-state index in [4.69, 9.17) is 14.7 Å². The van der Waals surface area contributed by atoms with Gasteiger partial charge in [-0.25, -0.2) is 4.98 Å². The Kier molecular flexibility index (Phi) is 3.48. The lowest BCUT2D eigenvalue weighted by atomic mass is 10.1. The van der Waals surface area contributed by atoms with Crippen LogP contribution in [0.25, 0.3) is 11.3 Å². The minimum atomic E-state index is -0.478. The van der Waals surface area contributed by atoms with Gasteiger partial charge in [-0.2, -0.15) is 5.26 Å². The second-order valence-corrected chi connectivity index (χ2v) is 3.67. The van der Waals surface area contributed by atoms with Crippen LogP contribution >= 0.6 is 0 Å². The predicted octanol–water partition coefficient (Wildman–Crippen LogP) is 1.33. The highest BCUT2D eigenvalue weighted by molar-refractivity contribution is 5.68. The van der Waals surface area contributed by atoms with Gasteiger partial charge in [0.15, 0.2) is 0 Å². The lowest BCUT2D eigenvalue weighted by molar-refractivity contribution is 0.394. The summed E-state index contributed by atoms with van der Waals surface area (Å²) >= 11 is 0. The molecule has 1 N–H and O–H groups in total. The minimum absolute atomic E-state index is 0.0437. The second-order valence-electron chi connectivity index (χ2n) is 3.67. The van der Waals surface area contributed by atoms with Crippen molar-refractivity contribution in [2.24, 2.45) is 0 Å². The van der Waals surface area contributed by atoms with Gasteiger partial charge in [-0.05, 0) is 12.1 Å². The summed E-state index contributed by atoms with van der Waals surface area (Å²) in [4.78, 5) is 18.0. The Balaban J connectivity index is 2.69. The van der Waals surface area contributed by atoms with Crippen molar-refractivity contribution in [3.05, 3.63) is 40.4 Å². The molecule has 1 aromatic carbocycles. The number of nitrogens with zero attached hydrogens (tertiary/aromatic N) is 2. The first-order valence-electron chi connectivity index (χ1n) is 5.41. The molecule has 0 radical (unpaired) electrons. The molecule has 1 heterocycles. The smallest absolute Gasteiger partial charge is 0.269 e. The molecule has 2 rings (SSSR count). The number of nitriles is 1. The van der Waals surface area contributed by atoms with Gasteiger partial charge in [0.05, 0.1) is 26.2 Å². The van der Waals surface area contributed by atoms with Crippen molar-refractivity contribution in [2.45, 2.75) is 0 Å². The zero-order chi connectivity index (χ0) is 13.8. The highest BCUT2D eigenvalue weighted by Gasteiger charge is 2.12. The van der Waals surface area contributed by atoms with Crippen LogP contribution < -0.4 is 15.0 Å². The van der Waals surface area contributed by atoms with Crippen LogP contribution in [0.1, 0.15) is 5.56 Å². The van der Waals surface area contributed by atoms with E-state index < -0.39 is 5.56 Å². The lowest BCUT2D eigenvalue weighted by Gasteiger charge is -2.08. The Bertz CT molecular complexity index is 679. The van der Waals surface area contributed by atoms with Gasteiger partial charge >= 0.3 is 0 Å². The number of H-pyrrole nitrogens is 1. The summed E-state index contributed by atoms with van der Waals surface area (Å²) in [5.41, 5.74) is 0.356. The average molecular weight is 257 g/mol. The van der Waals surface area contributed by atoms with Gasteiger partial charge in [-0.15, -0.1) is 0 Å². The normalized spacial score (nSPS) is 9.74. The summed E-state index contributed by atoms with van der Waals surface area (Å²) in [6.45, 7) is 0. The number of methoxy groups -OCH3 is 2. The van der Waals surface area contributed by atoms with Crippen molar-refractivity contribution in [3.8, 4) is 28.8 Å². The van der Waals surface area contributed by atoms with Crippen LogP contribution in [0.5, 0.6) is 11.5 Å². The Labute approximate surface area is 109 Å². The molecule has 19 heavy (non-hydrogen) atoms. The number of ether oxygens (including phenoxy) is 2. The Morgan fingerprint density at radius 2 is 1.84 bits per heavy atom. The molecule has 0 saturated heterocycles. The van der Waals surface area contributed by atoms with Crippen molar-refractivity contribution in [1.82, 2.24) is 9.97 Å². The summed E-state index contributed by atoms with van der Waals surface area (Å²) < 4.78 is 10.3. The third-order valence-electron chi connectivity index (χ3n) is 2.59. The molecule has 0 aliphatic rings. The summed E-state index contributed by atoms with van der Waals surface area (Å²) in [7, 11) is 3.05. The van der Waals surface area contributed by atoms with Crippen molar-refractivity contribution in [3.63, 3.8) is 0 Å². The molecule has 0 fully saturated rings. The van der Waals surface area contributed by atoms with Crippen LogP contribution in [-0.4, -0.2) is 24.2 Å². The first kappa shape index (κ1) is 12.6. The maximum Gasteiger partial charge on any atom is 0.269 e. The zero-order valence-corrected chi connectivity index (χ0v) is 10.4. The number of hydrogen-bond acceptors (Lipinski definition) is 5. The van der Waals surface area contributed by atoms with Crippen LogP contribution in [-0.2, 0) is 0 Å². The fourth-order valence-electron chi connectivity index (χ4n) is 1.67. The van der Waals surface area contributed by atoms with E-state index in [9.17, 15) is 4.79 Å². The van der Waals surface area contributed by atoms with E-state index in [2.05, 4.69) is 9.97 Å². The quantitative estimate of drug-likeness (QED) is 0.896. The van der Waals surface area contributed by atoms with Crippen LogP contribution in [0.15, 0.2) is 29.3 Å². The highest BCUT2D eigenvalue weighted by atomic mass is 16.5. The molecule has 6 nitrogen and oxygen atoms in total. The van der Waals surface area contributed by atoms with Gasteiger partial charge in [0.1, 0.15) is 23.1 Å². The summed E-state index contributed by atoms with van der Waals surface area (Å²) in [6.07, 6.45) is 1.25. The lowest BCUT2D eigenvalue weighted by Crippen LogP contribution is -2.12. The van der Waals surface area contributed by atoms with Crippen LogP contribution in [0.4, 0.5) is 0 Å². The standard InChI is InChI=1S/C13H11N3O3/c1-18-9-3-8(4-10(5-9)19-2)12-11(6-14)13(17)16-7-15-12/h3-5,7H,1-2H3,(H,15,16,17). The van der Waals surface area contributed by atoms with Gasteiger partial charge in [0, 0.05) is 11.6 Å². The monoisotopic (exact) mass is 257 g/mol. The molecular formula is C13H11N3O3. The van der Waals surface area contributed by atoms with E-state index in [1.165, 1.54) is 20.5 Å². The SMILES string of the molecule is COc1cc(OC)cc(-c2nc[nH]c(=O)c2C#N)c1. The van der Waals surface area contributed by atoms with Crippen molar-refractivity contribution in [2.75, 3.05) is 14.2 Å². The van der Waals surface area contributed by atoms with E-state index in [-0.39, 0.29) is 5.56 Å².